The Bertz CT molecular complexity index is 1090. The fourth-order valence-electron chi connectivity index (χ4n) is 3.62. The summed E-state index contributed by atoms with van der Waals surface area (Å²) in [5, 5.41) is 3.85. The maximum absolute atomic E-state index is 13.4. The number of nitrogens with one attached hydrogen (secondary N) is 1. The van der Waals surface area contributed by atoms with Crippen molar-refractivity contribution in [2.45, 2.75) is 6.92 Å². The number of benzene rings is 2. The van der Waals surface area contributed by atoms with Crippen molar-refractivity contribution in [2.24, 2.45) is 0 Å². The van der Waals surface area contributed by atoms with Crippen molar-refractivity contribution in [1.82, 2.24) is 10.2 Å². The topological polar surface area (TPSA) is 65.8 Å². The highest BCUT2D eigenvalue weighted by Crippen LogP contribution is 2.26. The van der Waals surface area contributed by atoms with Gasteiger partial charge in [-0.1, -0.05) is 11.6 Å². The number of halogens is 2. The molecule has 1 N–H and O–H groups in total. The third-order valence-corrected chi connectivity index (χ3v) is 5.58. The van der Waals surface area contributed by atoms with Gasteiger partial charge >= 0.3 is 0 Å². The summed E-state index contributed by atoms with van der Waals surface area (Å²) in [5.74, 6) is -0.946. The minimum atomic E-state index is -0.489. The molecule has 1 saturated heterocycles. The van der Waals surface area contributed by atoms with Crippen LogP contribution in [0, 0.1) is 12.7 Å². The first kappa shape index (κ1) is 20.2. The van der Waals surface area contributed by atoms with E-state index in [-0.39, 0.29) is 18.2 Å². The van der Waals surface area contributed by atoms with Gasteiger partial charge in [0.1, 0.15) is 11.4 Å². The van der Waals surface area contributed by atoms with Gasteiger partial charge in [0.2, 0.25) is 5.91 Å². The lowest BCUT2D eigenvalue weighted by Crippen LogP contribution is -2.51. The fraction of sp³-hybridized carbons (Fsp3) is 0.273. The van der Waals surface area contributed by atoms with Crippen LogP contribution in [-0.4, -0.2) is 49.4 Å². The first-order valence-electron chi connectivity index (χ1n) is 9.67. The minimum absolute atomic E-state index is 0.0935. The van der Waals surface area contributed by atoms with Crippen LogP contribution in [0.5, 0.6) is 0 Å². The molecule has 0 atom stereocenters. The summed E-state index contributed by atoms with van der Waals surface area (Å²) in [6.45, 7) is 4.12. The lowest BCUT2D eigenvalue weighted by Gasteiger charge is -2.36. The second kappa shape index (κ2) is 8.36. The van der Waals surface area contributed by atoms with Gasteiger partial charge in [0, 0.05) is 47.8 Å². The largest absolute Gasteiger partial charge is 0.451 e. The molecule has 0 radical (unpaired) electrons. The van der Waals surface area contributed by atoms with Crippen LogP contribution >= 0.6 is 11.6 Å². The summed E-state index contributed by atoms with van der Waals surface area (Å²) in [6, 6.07) is 11.7. The Hall–Kier alpha value is -3.06. The van der Waals surface area contributed by atoms with Crippen molar-refractivity contribution in [2.75, 3.05) is 37.6 Å². The van der Waals surface area contributed by atoms with E-state index in [0.717, 1.165) is 5.69 Å². The van der Waals surface area contributed by atoms with Gasteiger partial charge in [-0.3, -0.25) is 9.59 Å². The second-order valence-corrected chi connectivity index (χ2v) is 7.66. The van der Waals surface area contributed by atoms with Crippen LogP contribution in [-0.2, 0) is 4.79 Å². The van der Waals surface area contributed by atoms with Crippen molar-refractivity contribution >= 4 is 40.1 Å². The van der Waals surface area contributed by atoms with Gasteiger partial charge in [-0.25, -0.2) is 4.39 Å². The zero-order valence-corrected chi connectivity index (χ0v) is 17.2. The van der Waals surface area contributed by atoms with Crippen LogP contribution in [0.3, 0.4) is 0 Å². The number of furan rings is 1. The molecule has 1 aliphatic rings. The SMILES string of the molecule is Cc1c(C(=O)NCC(=O)N2CCN(c3ccc(Cl)cc3)CC2)oc2ccc(F)cc12. The summed E-state index contributed by atoms with van der Waals surface area (Å²) in [6.07, 6.45) is 0. The molecule has 1 aliphatic heterocycles. The van der Waals surface area contributed by atoms with Crippen LogP contribution in [0.15, 0.2) is 46.9 Å². The molecular weight excluding hydrogens is 409 g/mol. The van der Waals surface area contributed by atoms with Crippen LogP contribution in [0.25, 0.3) is 11.0 Å². The Morgan fingerprint density at radius 3 is 2.50 bits per heavy atom. The quantitative estimate of drug-likeness (QED) is 0.688. The molecular formula is C22H21ClFN3O3. The molecule has 1 fully saturated rings. The molecule has 2 heterocycles. The number of carbonyl (C=O) groups excluding carboxylic acids is 2. The van der Waals surface area contributed by atoms with E-state index < -0.39 is 11.7 Å². The third kappa shape index (κ3) is 4.11. The van der Waals surface area contributed by atoms with Gasteiger partial charge in [-0.2, -0.15) is 0 Å². The monoisotopic (exact) mass is 429 g/mol. The molecule has 6 nitrogen and oxygen atoms in total. The van der Waals surface area contributed by atoms with Crippen LogP contribution < -0.4 is 10.2 Å². The molecule has 0 aliphatic carbocycles. The fourth-order valence-corrected chi connectivity index (χ4v) is 3.75. The molecule has 0 spiro atoms. The number of piperazine rings is 1. The van der Waals surface area contributed by atoms with Gasteiger partial charge in [-0.15, -0.1) is 0 Å². The average molecular weight is 430 g/mol. The molecule has 0 unspecified atom stereocenters. The van der Waals surface area contributed by atoms with Crippen molar-refractivity contribution in [1.29, 1.82) is 0 Å². The summed E-state index contributed by atoms with van der Waals surface area (Å²) in [5.41, 5.74) is 2.05. The van der Waals surface area contributed by atoms with Crippen molar-refractivity contribution in [3.05, 3.63) is 64.6 Å². The summed E-state index contributed by atoms with van der Waals surface area (Å²) in [4.78, 5) is 28.9. The first-order valence-corrected chi connectivity index (χ1v) is 10.1. The number of hydrogen-bond acceptors (Lipinski definition) is 4. The number of aryl methyl sites for hydroxylation is 1. The molecule has 0 saturated carbocycles. The highest BCUT2D eigenvalue weighted by atomic mass is 35.5. The predicted octanol–water partition coefficient (Wildman–Crippen LogP) is 3.61. The maximum Gasteiger partial charge on any atom is 0.287 e. The molecule has 2 aromatic carbocycles. The maximum atomic E-state index is 13.4. The second-order valence-electron chi connectivity index (χ2n) is 7.22. The normalized spacial score (nSPS) is 14.2. The Morgan fingerprint density at radius 1 is 1.10 bits per heavy atom. The van der Waals surface area contributed by atoms with Gasteiger partial charge in [0.15, 0.2) is 5.76 Å². The van der Waals surface area contributed by atoms with Crippen molar-refractivity contribution in [3.63, 3.8) is 0 Å². The minimum Gasteiger partial charge on any atom is -0.451 e. The van der Waals surface area contributed by atoms with Gasteiger partial charge in [-0.05, 0) is 49.4 Å². The van der Waals surface area contributed by atoms with E-state index >= 15 is 0 Å². The number of carbonyl (C=O) groups is 2. The van der Waals surface area contributed by atoms with Crippen LogP contribution in [0.2, 0.25) is 5.02 Å². The highest BCUT2D eigenvalue weighted by Gasteiger charge is 2.23. The van der Waals surface area contributed by atoms with E-state index in [0.29, 0.717) is 47.7 Å². The van der Waals surface area contributed by atoms with E-state index in [2.05, 4.69) is 10.2 Å². The smallest absolute Gasteiger partial charge is 0.287 e. The number of anilines is 1. The molecule has 1 aromatic heterocycles. The lowest BCUT2D eigenvalue weighted by molar-refractivity contribution is -0.130. The zero-order valence-electron chi connectivity index (χ0n) is 16.5. The summed E-state index contributed by atoms with van der Waals surface area (Å²) < 4.78 is 19.0. The third-order valence-electron chi connectivity index (χ3n) is 5.33. The van der Waals surface area contributed by atoms with Crippen molar-refractivity contribution < 1.29 is 18.4 Å². The van der Waals surface area contributed by atoms with Gasteiger partial charge in [0.25, 0.3) is 5.91 Å². The molecule has 0 bridgehead atoms. The molecule has 156 valence electrons. The van der Waals surface area contributed by atoms with E-state index in [1.165, 1.54) is 18.2 Å². The number of amides is 2. The van der Waals surface area contributed by atoms with Gasteiger partial charge in [0.05, 0.1) is 6.54 Å². The summed E-state index contributed by atoms with van der Waals surface area (Å²) in [7, 11) is 0. The Morgan fingerprint density at radius 2 is 1.80 bits per heavy atom. The Balaban J connectivity index is 1.32. The Labute approximate surface area is 178 Å². The van der Waals surface area contributed by atoms with Gasteiger partial charge < -0.3 is 19.5 Å². The molecule has 4 rings (SSSR count). The number of fused-ring (bicyclic) bond motifs is 1. The van der Waals surface area contributed by atoms with E-state index in [1.54, 1.807) is 11.8 Å². The number of hydrogen-bond donors (Lipinski definition) is 1. The molecule has 2 amide bonds. The van der Waals surface area contributed by atoms with E-state index in [9.17, 15) is 14.0 Å². The average Bonchev–Trinajstić information content (AvgIpc) is 3.08. The van der Waals surface area contributed by atoms with E-state index in [1.807, 2.05) is 24.3 Å². The predicted molar refractivity (Wildman–Crippen MR) is 113 cm³/mol. The zero-order chi connectivity index (χ0) is 21.3. The molecule has 8 heteroatoms. The Kier molecular flexibility index (Phi) is 5.63. The summed E-state index contributed by atoms with van der Waals surface area (Å²) >= 11 is 5.93. The first-order chi connectivity index (χ1) is 14.4. The van der Waals surface area contributed by atoms with Crippen molar-refractivity contribution in [3.8, 4) is 0 Å². The van der Waals surface area contributed by atoms with E-state index in [4.69, 9.17) is 16.0 Å². The standard InChI is InChI=1S/C22H21ClFN3O3/c1-14-18-12-16(24)4-7-19(18)30-21(14)22(29)25-13-20(28)27-10-8-26(9-11-27)17-5-2-15(23)3-6-17/h2-7,12H,8-11,13H2,1H3,(H,25,29). The molecule has 3 aromatic rings. The van der Waals surface area contributed by atoms with Crippen LogP contribution in [0.1, 0.15) is 16.1 Å². The highest BCUT2D eigenvalue weighted by molar-refractivity contribution is 6.30. The number of nitrogens with zero attached hydrogens (tertiary/aromatic N) is 2. The lowest BCUT2D eigenvalue weighted by atomic mass is 10.1. The molecule has 30 heavy (non-hydrogen) atoms. The van der Waals surface area contributed by atoms with Crippen LogP contribution in [0.4, 0.5) is 10.1 Å². The number of rotatable bonds is 4.